The van der Waals surface area contributed by atoms with Crippen LogP contribution in [-0.4, -0.2) is 37.7 Å². The number of likely N-dealkylation sites (tertiary alicyclic amines) is 1. The maximum atomic E-state index is 6.33. The normalized spacial score (nSPS) is 22.0. The van der Waals surface area contributed by atoms with Gasteiger partial charge >= 0.3 is 0 Å². The average Bonchev–Trinajstić information content (AvgIpc) is 3.02. The van der Waals surface area contributed by atoms with Gasteiger partial charge in [-0.15, -0.1) is 0 Å². The first-order valence-electron chi connectivity index (χ1n) is 8.86. The number of halogens is 2. The van der Waals surface area contributed by atoms with Gasteiger partial charge in [0.05, 0.1) is 10.0 Å². The molecule has 0 spiro atoms. The number of nitrogens with zero attached hydrogens (tertiary/aromatic N) is 1. The van der Waals surface area contributed by atoms with Crippen LogP contribution < -0.4 is 0 Å². The highest BCUT2D eigenvalue weighted by molar-refractivity contribution is 6.42. The molecule has 0 amide bonds. The number of rotatable bonds is 7. The van der Waals surface area contributed by atoms with Gasteiger partial charge in [0, 0.05) is 25.2 Å². The minimum atomic E-state index is 0.256. The van der Waals surface area contributed by atoms with Crippen molar-refractivity contribution in [2.45, 2.75) is 56.4 Å². The van der Waals surface area contributed by atoms with Crippen molar-refractivity contribution in [2.75, 3.05) is 26.8 Å². The van der Waals surface area contributed by atoms with Crippen LogP contribution in [0.2, 0.25) is 10.0 Å². The largest absolute Gasteiger partial charge is 0.385 e. The van der Waals surface area contributed by atoms with Crippen molar-refractivity contribution in [1.29, 1.82) is 0 Å². The van der Waals surface area contributed by atoms with Gasteiger partial charge in [0.2, 0.25) is 0 Å². The molecule has 1 saturated carbocycles. The Hall–Kier alpha value is -0.280. The molecule has 0 bridgehead atoms. The van der Waals surface area contributed by atoms with Gasteiger partial charge in [-0.3, -0.25) is 4.90 Å². The van der Waals surface area contributed by atoms with Gasteiger partial charge in [-0.1, -0.05) is 35.7 Å². The van der Waals surface area contributed by atoms with Crippen molar-refractivity contribution in [1.82, 2.24) is 4.90 Å². The summed E-state index contributed by atoms with van der Waals surface area (Å²) in [5.41, 5.74) is 1.64. The standard InChI is InChI=1S/C19H27Cl2NO/c1-23-13-4-6-18(22-11-2-3-12-22)19(9-5-10-19)15-7-8-16(20)17(21)14-15/h7-8,14,18H,2-6,9-13H2,1H3. The molecule has 1 aliphatic heterocycles. The lowest BCUT2D eigenvalue weighted by Gasteiger charge is -2.52. The molecule has 1 aliphatic carbocycles. The third kappa shape index (κ3) is 3.56. The van der Waals surface area contributed by atoms with Crippen molar-refractivity contribution in [3.05, 3.63) is 33.8 Å². The van der Waals surface area contributed by atoms with E-state index < -0.39 is 0 Å². The summed E-state index contributed by atoms with van der Waals surface area (Å²) in [7, 11) is 1.79. The first-order chi connectivity index (χ1) is 11.2. The molecule has 1 unspecified atom stereocenters. The Balaban J connectivity index is 1.87. The molecule has 0 aromatic heterocycles. The Bertz CT molecular complexity index is 524. The van der Waals surface area contributed by atoms with Gasteiger partial charge < -0.3 is 4.74 Å². The second-order valence-electron chi connectivity index (χ2n) is 7.03. The van der Waals surface area contributed by atoms with Crippen molar-refractivity contribution in [3.8, 4) is 0 Å². The highest BCUT2D eigenvalue weighted by Gasteiger charge is 2.47. The number of methoxy groups -OCH3 is 1. The van der Waals surface area contributed by atoms with Gasteiger partial charge in [-0.2, -0.15) is 0 Å². The second-order valence-corrected chi connectivity index (χ2v) is 7.85. The summed E-state index contributed by atoms with van der Waals surface area (Å²) in [5.74, 6) is 0. The summed E-state index contributed by atoms with van der Waals surface area (Å²) >= 11 is 12.5. The van der Waals surface area contributed by atoms with Gasteiger partial charge in [0.25, 0.3) is 0 Å². The van der Waals surface area contributed by atoms with E-state index in [1.54, 1.807) is 7.11 Å². The Morgan fingerprint density at radius 3 is 2.43 bits per heavy atom. The van der Waals surface area contributed by atoms with E-state index in [0.29, 0.717) is 16.1 Å². The van der Waals surface area contributed by atoms with Crippen LogP contribution in [0.1, 0.15) is 50.5 Å². The lowest BCUT2D eigenvalue weighted by atomic mass is 9.59. The maximum Gasteiger partial charge on any atom is 0.0595 e. The summed E-state index contributed by atoms with van der Waals surface area (Å²) in [4.78, 5) is 2.72. The molecule has 3 rings (SSSR count). The van der Waals surface area contributed by atoms with Crippen LogP contribution in [0.15, 0.2) is 18.2 Å². The number of ether oxygens (including phenoxy) is 1. The van der Waals surface area contributed by atoms with Crippen LogP contribution >= 0.6 is 23.2 Å². The van der Waals surface area contributed by atoms with Crippen molar-refractivity contribution in [2.24, 2.45) is 0 Å². The molecule has 1 aromatic carbocycles. The third-order valence-corrected chi connectivity index (χ3v) is 6.52. The summed E-state index contributed by atoms with van der Waals surface area (Å²) in [5, 5.41) is 1.34. The first-order valence-corrected chi connectivity index (χ1v) is 9.61. The molecule has 128 valence electrons. The van der Waals surface area contributed by atoms with Gasteiger partial charge in [-0.25, -0.2) is 0 Å². The molecule has 0 radical (unpaired) electrons. The molecule has 2 nitrogen and oxygen atoms in total. The van der Waals surface area contributed by atoms with E-state index >= 15 is 0 Å². The van der Waals surface area contributed by atoms with Crippen molar-refractivity contribution < 1.29 is 4.74 Å². The molecule has 23 heavy (non-hydrogen) atoms. The third-order valence-electron chi connectivity index (χ3n) is 5.79. The van der Waals surface area contributed by atoms with Crippen LogP contribution in [-0.2, 0) is 10.2 Å². The minimum absolute atomic E-state index is 0.256. The Labute approximate surface area is 150 Å². The Morgan fingerprint density at radius 2 is 1.87 bits per heavy atom. The molecule has 0 N–H and O–H groups in total. The SMILES string of the molecule is COCCCC(N1CCCC1)C1(c2ccc(Cl)c(Cl)c2)CCC1. The zero-order chi connectivity index (χ0) is 16.3. The van der Waals surface area contributed by atoms with E-state index in [2.05, 4.69) is 17.0 Å². The van der Waals surface area contributed by atoms with E-state index in [9.17, 15) is 0 Å². The fourth-order valence-corrected chi connectivity index (χ4v) is 4.76. The molecule has 4 heteroatoms. The van der Waals surface area contributed by atoms with Gasteiger partial charge in [0.15, 0.2) is 0 Å². The topological polar surface area (TPSA) is 12.5 Å². The molecule has 2 fully saturated rings. The van der Waals surface area contributed by atoms with Crippen molar-refractivity contribution >= 4 is 23.2 Å². The van der Waals surface area contributed by atoms with Crippen LogP contribution in [0.5, 0.6) is 0 Å². The fourth-order valence-electron chi connectivity index (χ4n) is 4.46. The number of benzene rings is 1. The number of hydrogen-bond donors (Lipinski definition) is 0. The zero-order valence-electron chi connectivity index (χ0n) is 14.0. The monoisotopic (exact) mass is 355 g/mol. The average molecular weight is 356 g/mol. The summed E-state index contributed by atoms with van der Waals surface area (Å²) < 4.78 is 5.30. The van der Waals surface area contributed by atoms with E-state index in [-0.39, 0.29) is 5.41 Å². The molecule has 1 aromatic rings. The number of hydrogen-bond acceptors (Lipinski definition) is 2. The quantitative estimate of drug-likeness (QED) is 0.614. The van der Waals surface area contributed by atoms with Gasteiger partial charge in [-0.05, 0) is 69.3 Å². The lowest BCUT2D eigenvalue weighted by Crippen LogP contribution is -2.53. The highest BCUT2D eigenvalue weighted by atomic mass is 35.5. The fraction of sp³-hybridized carbons (Fsp3) is 0.684. The highest BCUT2D eigenvalue weighted by Crippen LogP contribution is 2.50. The van der Waals surface area contributed by atoms with Crippen LogP contribution in [0.4, 0.5) is 0 Å². The predicted octanol–water partition coefficient (Wildman–Crippen LogP) is 5.31. The van der Waals surface area contributed by atoms with Gasteiger partial charge in [0.1, 0.15) is 0 Å². The second kappa shape index (κ2) is 7.74. The molecule has 1 saturated heterocycles. The Morgan fingerprint density at radius 1 is 1.13 bits per heavy atom. The molecular formula is C19H27Cl2NO. The smallest absolute Gasteiger partial charge is 0.0595 e. The maximum absolute atomic E-state index is 6.33. The van der Waals surface area contributed by atoms with Crippen LogP contribution in [0, 0.1) is 0 Å². The zero-order valence-corrected chi connectivity index (χ0v) is 15.5. The van der Waals surface area contributed by atoms with E-state index in [1.807, 2.05) is 6.07 Å². The van der Waals surface area contributed by atoms with E-state index in [1.165, 1.54) is 57.2 Å². The van der Waals surface area contributed by atoms with E-state index in [4.69, 9.17) is 27.9 Å². The summed E-state index contributed by atoms with van der Waals surface area (Å²) in [6.45, 7) is 3.32. The minimum Gasteiger partial charge on any atom is -0.385 e. The predicted molar refractivity (Wildman–Crippen MR) is 97.7 cm³/mol. The molecule has 1 atom stereocenters. The van der Waals surface area contributed by atoms with Crippen LogP contribution in [0.3, 0.4) is 0 Å². The molecule has 1 heterocycles. The van der Waals surface area contributed by atoms with Crippen LogP contribution in [0.25, 0.3) is 0 Å². The molecule has 2 aliphatic rings. The first kappa shape index (κ1) is 17.5. The van der Waals surface area contributed by atoms with Crippen molar-refractivity contribution in [3.63, 3.8) is 0 Å². The summed E-state index contributed by atoms with van der Waals surface area (Å²) in [6, 6.07) is 6.89. The van der Waals surface area contributed by atoms with E-state index in [0.717, 1.165) is 13.0 Å². The molecular weight excluding hydrogens is 329 g/mol. The summed E-state index contributed by atoms with van der Waals surface area (Å²) in [6.07, 6.45) is 8.83. The lowest BCUT2D eigenvalue weighted by molar-refractivity contribution is 0.0637. The Kier molecular flexibility index (Phi) is 5.90.